The molecule has 1 aromatic carbocycles. The number of nitro groups is 1. The summed E-state index contributed by atoms with van der Waals surface area (Å²) in [5.74, 6) is -1.10. The molecule has 146 valence electrons. The van der Waals surface area contributed by atoms with Gasteiger partial charge in [0.05, 0.1) is 23.5 Å². The van der Waals surface area contributed by atoms with Crippen LogP contribution in [0.1, 0.15) is 17.5 Å². The van der Waals surface area contributed by atoms with Gasteiger partial charge < -0.3 is 5.11 Å². The van der Waals surface area contributed by atoms with E-state index >= 15 is 0 Å². The largest absolute Gasteiger partial charge is 0.438 e. The Labute approximate surface area is 156 Å². The maximum Gasteiger partial charge on any atom is 0.438 e. The molecule has 2 aromatic rings. The van der Waals surface area contributed by atoms with Gasteiger partial charge in [-0.1, -0.05) is 12.1 Å². The number of benzene rings is 1. The Morgan fingerprint density at radius 2 is 1.82 bits per heavy atom. The van der Waals surface area contributed by atoms with E-state index in [-0.39, 0.29) is 22.0 Å². The molecule has 8 nitrogen and oxygen atoms in total. The standard InChI is InChI=1S/C17H13F3N4O4/c18-17(19,20)16(26)10-14(12-5-7-21-8-6-12)22-23(16)15(25)9-11-1-3-13(4-2-11)24(27)28/h1-8,26H,9-10H2/t16-/m1/s1. The number of hydrogen-bond acceptors (Lipinski definition) is 6. The molecule has 0 saturated carbocycles. The molecule has 1 aliphatic rings. The summed E-state index contributed by atoms with van der Waals surface area (Å²) < 4.78 is 40.6. The van der Waals surface area contributed by atoms with Crippen LogP contribution in [-0.2, 0) is 11.2 Å². The number of pyridine rings is 1. The number of halogens is 3. The van der Waals surface area contributed by atoms with Crippen molar-refractivity contribution in [3.8, 4) is 0 Å². The second kappa shape index (κ2) is 7.00. The fourth-order valence-electron chi connectivity index (χ4n) is 2.72. The number of amides is 1. The average molecular weight is 394 g/mol. The molecule has 0 unspecified atom stereocenters. The van der Waals surface area contributed by atoms with Crippen LogP contribution in [0.15, 0.2) is 53.9 Å². The number of carbonyl (C=O) groups excluding carboxylic acids is 1. The monoisotopic (exact) mass is 394 g/mol. The zero-order valence-electron chi connectivity index (χ0n) is 14.1. The Hall–Kier alpha value is -3.34. The van der Waals surface area contributed by atoms with Gasteiger partial charge in [-0.3, -0.25) is 19.9 Å². The van der Waals surface area contributed by atoms with Crippen molar-refractivity contribution in [1.82, 2.24) is 9.99 Å². The topological polar surface area (TPSA) is 109 Å². The molecule has 11 heteroatoms. The van der Waals surface area contributed by atoms with E-state index in [2.05, 4.69) is 10.1 Å². The first-order chi connectivity index (χ1) is 13.1. The van der Waals surface area contributed by atoms with E-state index in [1.165, 1.54) is 36.7 Å². The highest BCUT2D eigenvalue weighted by atomic mass is 19.4. The lowest BCUT2D eigenvalue weighted by atomic mass is 10.0. The Morgan fingerprint density at radius 3 is 2.36 bits per heavy atom. The lowest BCUT2D eigenvalue weighted by Gasteiger charge is -2.32. The highest BCUT2D eigenvalue weighted by Gasteiger charge is 2.63. The van der Waals surface area contributed by atoms with Crippen molar-refractivity contribution < 1.29 is 28.0 Å². The number of non-ortho nitro benzene ring substituents is 1. The molecule has 1 amide bonds. The average Bonchev–Trinajstić information content (AvgIpc) is 3.02. The van der Waals surface area contributed by atoms with E-state index < -0.39 is 35.6 Å². The first-order valence-electron chi connectivity index (χ1n) is 7.95. The molecule has 0 aliphatic carbocycles. The van der Waals surface area contributed by atoms with Gasteiger partial charge in [-0.05, 0) is 17.7 Å². The maximum atomic E-state index is 13.5. The summed E-state index contributed by atoms with van der Waals surface area (Å²) in [5.41, 5.74) is -3.28. The van der Waals surface area contributed by atoms with Crippen LogP contribution in [0.4, 0.5) is 18.9 Å². The minimum absolute atomic E-state index is 0.0319. The summed E-state index contributed by atoms with van der Waals surface area (Å²) in [5, 5.41) is 24.7. The Balaban J connectivity index is 1.90. The molecule has 0 radical (unpaired) electrons. The summed E-state index contributed by atoms with van der Waals surface area (Å²) >= 11 is 0. The maximum absolute atomic E-state index is 13.5. The van der Waals surface area contributed by atoms with Crippen molar-refractivity contribution >= 4 is 17.3 Å². The molecule has 3 rings (SSSR count). The first kappa shape index (κ1) is 19.4. The predicted octanol–water partition coefficient (Wildman–Crippen LogP) is 2.42. The van der Waals surface area contributed by atoms with Crippen LogP contribution in [0.3, 0.4) is 0 Å². The molecule has 0 fully saturated rings. The molecular formula is C17H13F3N4O4. The first-order valence-corrected chi connectivity index (χ1v) is 7.95. The lowest BCUT2D eigenvalue weighted by molar-refractivity contribution is -0.384. The fraction of sp³-hybridized carbons (Fsp3) is 0.235. The van der Waals surface area contributed by atoms with E-state index in [4.69, 9.17) is 0 Å². The van der Waals surface area contributed by atoms with Gasteiger partial charge in [-0.2, -0.15) is 23.3 Å². The number of aliphatic hydroxyl groups is 1. The number of aromatic nitrogens is 1. The smallest absolute Gasteiger partial charge is 0.362 e. The fourth-order valence-corrected chi connectivity index (χ4v) is 2.72. The number of hydrogen-bond donors (Lipinski definition) is 1. The van der Waals surface area contributed by atoms with Gasteiger partial charge >= 0.3 is 6.18 Å². The number of rotatable bonds is 4. The van der Waals surface area contributed by atoms with E-state index in [0.717, 1.165) is 12.1 Å². The minimum Gasteiger partial charge on any atom is -0.362 e. The highest BCUT2D eigenvalue weighted by Crippen LogP contribution is 2.41. The van der Waals surface area contributed by atoms with Crippen molar-refractivity contribution in [2.45, 2.75) is 24.7 Å². The van der Waals surface area contributed by atoms with E-state index in [9.17, 15) is 33.2 Å². The quantitative estimate of drug-likeness (QED) is 0.633. The van der Waals surface area contributed by atoms with Gasteiger partial charge in [0.15, 0.2) is 0 Å². The number of hydrazone groups is 1. The number of nitro benzene ring substituents is 1. The molecule has 1 aromatic heterocycles. The van der Waals surface area contributed by atoms with Crippen molar-refractivity contribution in [2.24, 2.45) is 5.10 Å². The summed E-state index contributed by atoms with van der Waals surface area (Å²) in [6.45, 7) is 0. The van der Waals surface area contributed by atoms with Crippen LogP contribution >= 0.6 is 0 Å². The summed E-state index contributed by atoms with van der Waals surface area (Å²) in [6.07, 6.45) is -3.88. The molecule has 1 N–H and O–H groups in total. The highest BCUT2D eigenvalue weighted by molar-refractivity contribution is 6.03. The zero-order valence-corrected chi connectivity index (χ0v) is 14.1. The third-order valence-electron chi connectivity index (χ3n) is 4.19. The molecule has 0 bridgehead atoms. The van der Waals surface area contributed by atoms with Crippen molar-refractivity contribution in [2.75, 3.05) is 0 Å². The molecule has 0 saturated heterocycles. The number of alkyl halides is 3. The van der Waals surface area contributed by atoms with Crippen LogP contribution in [0.2, 0.25) is 0 Å². The third kappa shape index (κ3) is 3.56. The van der Waals surface area contributed by atoms with E-state index in [1.54, 1.807) is 0 Å². The van der Waals surface area contributed by atoms with Gasteiger partial charge in [0.1, 0.15) is 0 Å². The molecule has 28 heavy (non-hydrogen) atoms. The Kier molecular flexibility index (Phi) is 4.86. The van der Waals surface area contributed by atoms with Crippen molar-refractivity contribution in [3.63, 3.8) is 0 Å². The SMILES string of the molecule is O=C(Cc1ccc([N+](=O)[O-])cc1)N1N=C(c2ccncc2)C[C@@]1(O)C(F)(F)F. The minimum atomic E-state index is -5.14. The van der Waals surface area contributed by atoms with Crippen LogP contribution in [0.5, 0.6) is 0 Å². The van der Waals surface area contributed by atoms with Gasteiger partial charge in [0.2, 0.25) is 5.91 Å². The number of carbonyl (C=O) groups is 1. The van der Waals surface area contributed by atoms with Gasteiger partial charge in [0, 0.05) is 30.1 Å². The molecular weight excluding hydrogens is 381 g/mol. The number of nitrogens with zero attached hydrogens (tertiary/aromatic N) is 4. The predicted molar refractivity (Wildman–Crippen MR) is 90.0 cm³/mol. The zero-order chi connectivity index (χ0) is 20.5. The summed E-state index contributed by atoms with van der Waals surface area (Å²) in [7, 11) is 0. The van der Waals surface area contributed by atoms with Crippen LogP contribution in [0, 0.1) is 10.1 Å². The summed E-state index contributed by atoms with van der Waals surface area (Å²) in [6, 6.07) is 7.61. The molecule has 0 spiro atoms. The lowest BCUT2D eigenvalue weighted by Crippen LogP contribution is -2.57. The van der Waals surface area contributed by atoms with Gasteiger partial charge in [0.25, 0.3) is 11.4 Å². The van der Waals surface area contributed by atoms with Gasteiger partial charge in [-0.25, -0.2) is 0 Å². The van der Waals surface area contributed by atoms with E-state index in [0.29, 0.717) is 5.56 Å². The van der Waals surface area contributed by atoms with Crippen LogP contribution in [0.25, 0.3) is 0 Å². The molecule has 1 atom stereocenters. The van der Waals surface area contributed by atoms with Crippen molar-refractivity contribution in [1.29, 1.82) is 0 Å². The Bertz CT molecular complexity index is 932. The van der Waals surface area contributed by atoms with Crippen molar-refractivity contribution in [3.05, 3.63) is 70.0 Å². The second-order valence-corrected chi connectivity index (χ2v) is 6.08. The van der Waals surface area contributed by atoms with Gasteiger partial charge in [-0.15, -0.1) is 0 Å². The third-order valence-corrected chi connectivity index (χ3v) is 4.19. The molecule has 2 heterocycles. The second-order valence-electron chi connectivity index (χ2n) is 6.08. The van der Waals surface area contributed by atoms with Crippen LogP contribution < -0.4 is 0 Å². The van der Waals surface area contributed by atoms with E-state index in [1.807, 2.05) is 0 Å². The summed E-state index contributed by atoms with van der Waals surface area (Å²) in [4.78, 5) is 26.3. The van der Waals surface area contributed by atoms with Crippen LogP contribution in [-0.4, -0.2) is 43.5 Å². The Morgan fingerprint density at radius 1 is 1.21 bits per heavy atom. The molecule has 1 aliphatic heterocycles. The normalized spacial score (nSPS) is 19.4.